The average Bonchev–Trinajstić information content (AvgIpc) is 2.94. The van der Waals surface area contributed by atoms with Crippen molar-refractivity contribution in [3.63, 3.8) is 0 Å². The molecule has 0 saturated carbocycles. The Hall–Kier alpha value is -2.24. The monoisotopic (exact) mass is 275 g/mol. The first-order valence-electron chi connectivity index (χ1n) is 6.77. The molecule has 1 atom stereocenters. The summed E-state index contributed by atoms with van der Waals surface area (Å²) in [6.45, 7) is 3.17. The molecule has 0 bridgehead atoms. The van der Waals surface area contributed by atoms with Gasteiger partial charge in [-0.2, -0.15) is 0 Å². The molecule has 2 amide bonds. The SMILES string of the molecule is O=C1NCC(C(=O)N2CCN(c3ccccc3)CC2)O1. The van der Waals surface area contributed by atoms with Gasteiger partial charge in [-0.3, -0.25) is 4.79 Å². The van der Waals surface area contributed by atoms with Crippen LogP contribution in [0.2, 0.25) is 0 Å². The van der Waals surface area contributed by atoms with Gasteiger partial charge in [-0.15, -0.1) is 0 Å². The van der Waals surface area contributed by atoms with E-state index < -0.39 is 12.2 Å². The lowest BCUT2D eigenvalue weighted by Gasteiger charge is -2.36. The Balaban J connectivity index is 1.56. The van der Waals surface area contributed by atoms with Crippen molar-refractivity contribution in [1.29, 1.82) is 0 Å². The number of alkyl carbamates (subject to hydrolysis) is 1. The topological polar surface area (TPSA) is 61.9 Å². The van der Waals surface area contributed by atoms with Crippen LogP contribution in [0.4, 0.5) is 10.5 Å². The van der Waals surface area contributed by atoms with Gasteiger partial charge in [0, 0.05) is 31.9 Å². The third-order valence-electron chi connectivity index (χ3n) is 3.67. The number of amides is 2. The summed E-state index contributed by atoms with van der Waals surface area (Å²) in [7, 11) is 0. The van der Waals surface area contributed by atoms with Crippen LogP contribution in [-0.4, -0.2) is 55.7 Å². The van der Waals surface area contributed by atoms with Gasteiger partial charge in [-0.1, -0.05) is 18.2 Å². The molecule has 2 aliphatic heterocycles. The van der Waals surface area contributed by atoms with E-state index in [2.05, 4.69) is 22.3 Å². The molecule has 2 heterocycles. The summed E-state index contributed by atoms with van der Waals surface area (Å²) in [5.74, 6) is -0.101. The van der Waals surface area contributed by atoms with Crippen molar-refractivity contribution in [3.8, 4) is 0 Å². The molecule has 6 heteroatoms. The molecular weight excluding hydrogens is 258 g/mol. The van der Waals surface area contributed by atoms with Gasteiger partial charge < -0.3 is 19.9 Å². The molecule has 1 unspecified atom stereocenters. The number of rotatable bonds is 2. The minimum absolute atomic E-state index is 0.101. The molecule has 1 aromatic rings. The summed E-state index contributed by atoms with van der Waals surface area (Å²) in [4.78, 5) is 27.2. The van der Waals surface area contributed by atoms with E-state index >= 15 is 0 Å². The van der Waals surface area contributed by atoms with Crippen molar-refractivity contribution in [1.82, 2.24) is 10.2 Å². The molecule has 0 radical (unpaired) electrons. The van der Waals surface area contributed by atoms with Gasteiger partial charge in [0.15, 0.2) is 6.10 Å². The second-order valence-electron chi connectivity index (χ2n) is 4.92. The maximum Gasteiger partial charge on any atom is 0.408 e. The predicted molar refractivity (Wildman–Crippen MR) is 73.5 cm³/mol. The Morgan fingerprint density at radius 1 is 1.15 bits per heavy atom. The summed E-state index contributed by atoms with van der Waals surface area (Å²) in [6, 6.07) is 10.2. The van der Waals surface area contributed by atoms with Crippen LogP contribution >= 0.6 is 0 Å². The first kappa shape index (κ1) is 12.8. The Morgan fingerprint density at radius 3 is 2.45 bits per heavy atom. The minimum Gasteiger partial charge on any atom is -0.434 e. The zero-order valence-electron chi connectivity index (χ0n) is 11.1. The molecule has 2 aliphatic rings. The number of para-hydroxylation sites is 1. The molecule has 0 aliphatic carbocycles. The molecule has 6 nitrogen and oxygen atoms in total. The molecule has 1 aromatic carbocycles. The van der Waals surface area contributed by atoms with Crippen molar-refractivity contribution >= 4 is 17.7 Å². The number of piperazine rings is 1. The Labute approximate surface area is 117 Å². The van der Waals surface area contributed by atoms with E-state index in [4.69, 9.17) is 4.74 Å². The van der Waals surface area contributed by atoms with Crippen LogP contribution in [0, 0.1) is 0 Å². The van der Waals surface area contributed by atoms with Crippen LogP contribution in [0.1, 0.15) is 0 Å². The summed E-state index contributed by atoms with van der Waals surface area (Å²) >= 11 is 0. The third-order valence-corrected chi connectivity index (χ3v) is 3.67. The number of hydrogen-bond acceptors (Lipinski definition) is 4. The summed E-state index contributed by atoms with van der Waals surface area (Å²) in [6.07, 6.45) is -1.17. The molecule has 3 rings (SSSR count). The van der Waals surface area contributed by atoms with Crippen molar-refractivity contribution in [2.45, 2.75) is 6.10 Å². The van der Waals surface area contributed by atoms with Crippen LogP contribution in [0.15, 0.2) is 30.3 Å². The van der Waals surface area contributed by atoms with Gasteiger partial charge in [0.25, 0.3) is 5.91 Å². The van der Waals surface area contributed by atoms with Gasteiger partial charge >= 0.3 is 6.09 Å². The first-order chi connectivity index (χ1) is 9.74. The van der Waals surface area contributed by atoms with E-state index in [-0.39, 0.29) is 12.5 Å². The highest BCUT2D eigenvalue weighted by Gasteiger charge is 2.34. The lowest BCUT2D eigenvalue weighted by Crippen LogP contribution is -2.52. The maximum absolute atomic E-state index is 12.2. The van der Waals surface area contributed by atoms with E-state index in [0.717, 1.165) is 13.1 Å². The van der Waals surface area contributed by atoms with Crippen molar-refractivity contribution in [3.05, 3.63) is 30.3 Å². The molecule has 106 valence electrons. The van der Waals surface area contributed by atoms with E-state index in [9.17, 15) is 9.59 Å². The first-order valence-corrected chi connectivity index (χ1v) is 6.77. The van der Waals surface area contributed by atoms with Crippen molar-refractivity contribution in [2.24, 2.45) is 0 Å². The molecular formula is C14H17N3O3. The predicted octanol–water partition coefficient (Wildman–Crippen LogP) is 0.444. The normalized spacial score (nSPS) is 22.4. The van der Waals surface area contributed by atoms with Crippen molar-refractivity contribution in [2.75, 3.05) is 37.6 Å². The molecule has 0 aromatic heterocycles. The Morgan fingerprint density at radius 2 is 1.85 bits per heavy atom. The van der Waals surface area contributed by atoms with Gasteiger partial charge in [0.2, 0.25) is 0 Å². The molecule has 2 saturated heterocycles. The highest BCUT2D eigenvalue weighted by molar-refractivity contribution is 5.86. The number of carbonyl (C=O) groups excluding carboxylic acids is 2. The third kappa shape index (κ3) is 2.54. The largest absolute Gasteiger partial charge is 0.434 e. The zero-order chi connectivity index (χ0) is 13.9. The number of benzene rings is 1. The second-order valence-corrected chi connectivity index (χ2v) is 4.92. The van der Waals surface area contributed by atoms with Crippen LogP contribution in [0.3, 0.4) is 0 Å². The standard InChI is InChI=1S/C14H17N3O3/c18-13(12-10-15-14(19)20-12)17-8-6-16(7-9-17)11-4-2-1-3-5-11/h1-5,12H,6-10H2,(H,15,19). The minimum atomic E-state index is -0.661. The van der Waals surface area contributed by atoms with Crippen LogP contribution < -0.4 is 10.2 Å². The summed E-state index contributed by atoms with van der Waals surface area (Å²) < 4.78 is 4.93. The number of carbonyl (C=O) groups is 2. The maximum atomic E-state index is 12.2. The second kappa shape index (κ2) is 5.40. The Bertz CT molecular complexity index is 498. The number of ether oxygens (including phenoxy) is 1. The van der Waals surface area contributed by atoms with E-state index in [1.54, 1.807) is 4.90 Å². The summed E-state index contributed by atoms with van der Waals surface area (Å²) in [5, 5.41) is 2.51. The van der Waals surface area contributed by atoms with Gasteiger partial charge in [-0.25, -0.2) is 4.79 Å². The Kier molecular flexibility index (Phi) is 3.45. The van der Waals surface area contributed by atoms with Crippen LogP contribution in [0.25, 0.3) is 0 Å². The fourth-order valence-electron chi connectivity index (χ4n) is 2.55. The fraction of sp³-hybridized carbons (Fsp3) is 0.429. The summed E-state index contributed by atoms with van der Waals surface area (Å²) in [5.41, 5.74) is 1.17. The van der Waals surface area contributed by atoms with E-state index in [1.165, 1.54) is 5.69 Å². The van der Waals surface area contributed by atoms with Crippen LogP contribution in [-0.2, 0) is 9.53 Å². The van der Waals surface area contributed by atoms with Gasteiger partial charge in [0.05, 0.1) is 6.54 Å². The smallest absolute Gasteiger partial charge is 0.408 e. The number of hydrogen-bond donors (Lipinski definition) is 1. The van der Waals surface area contributed by atoms with Crippen molar-refractivity contribution < 1.29 is 14.3 Å². The molecule has 20 heavy (non-hydrogen) atoms. The lowest BCUT2D eigenvalue weighted by molar-refractivity contribution is -0.138. The number of cyclic esters (lactones) is 1. The number of nitrogens with one attached hydrogen (secondary N) is 1. The lowest BCUT2D eigenvalue weighted by atomic mass is 10.2. The number of anilines is 1. The molecule has 1 N–H and O–H groups in total. The van der Waals surface area contributed by atoms with Gasteiger partial charge in [0.1, 0.15) is 0 Å². The van der Waals surface area contributed by atoms with E-state index in [0.29, 0.717) is 13.1 Å². The quantitative estimate of drug-likeness (QED) is 0.851. The molecule has 2 fully saturated rings. The fourth-order valence-corrected chi connectivity index (χ4v) is 2.55. The number of nitrogens with zero attached hydrogens (tertiary/aromatic N) is 2. The van der Waals surface area contributed by atoms with E-state index in [1.807, 2.05) is 18.2 Å². The zero-order valence-corrected chi connectivity index (χ0v) is 11.1. The van der Waals surface area contributed by atoms with Gasteiger partial charge in [-0.05, 0) is 12.1 Å². The van der Waals surface area contributed by atoms with Crippen LogP contribution in [0.5, 0.6) is 0 Å². The highest BCUT2D eigenvalue weighted by Crippen LogP contribution is 2.16. The molecule has 0 spiro atoms. The average molecular weight is 275 g/mol. The highest BCUT2D eigenvalue weighted by atomic mass is 16.6.